The zero-order valence-electron chi connectivity index (χ0n) is 11.1. The topological polar surface area (TPSA) is 49.4 Å². The number of nitrogens with one attached hydrogen (secondary N) is 1. The van der Waals surface area contributed by atoms with Crippen LogP contribution in [-0.2, 0) is 10.0 Å². The minimum Gasteiger partial charge on any atom is -0.312 e. The first-order chi connectivity index (χ1) is 8.08. The Bertz CT molecular complexity index is 342. The molecule has 108 valence electrons. The average molecular weight is 297 g/mol. The lowest BCUT2D eigenvalue weighted by Crippen LogP contribution is -2.52. The molecule has 0 spiro atoms. The lowest BCUT2D eigenvalue weighted by Gasteiger charge is -2.32. The van der Waals surface area contributed by atoms with Crippen LogP contribution in [-0.4, -0.2) is 44.2 Å². The van der Waals surface area contributed by atoms with Crippen molar-refractivity contribution < 1.29 is 8.42 Å². The van der Waals surface area contributed by atoms with Crippen molar-refractivity contribution in [3.8, 4) is 0 Å². The van der Waals surface area contributed by atoms with E-state index in [-0.39, 0.29) is 18.4 Å². The van der Waals surface area contributed by atoms with Crippen molar-refractivity contribution in [1.82, 2.24) is 9.62 Å². The van der Waals surface area contributed by atoms with E-state index in [4.69, 9.17) is 0 Å². The summed E-state index contributed by atoms with van der Waals surface area (Å²) in [7, 11) is -3.02. The molecule has 0 radical (unpaired) electrons. The van der Waals surface area contributed by atoms with Crippen LogP contribution in [0.2, 0.25) is 0 Å². The number of piperazine rings is 1. The Balaban J connectivity index is 0.00000162. The van der Waals surface area contributed by atoms with E-state index in [0.29, 0.717) is 24.8 Å². The predicted molar refractivity (Wildman–Crippen MR) is 76.6 cm³/mol. The molecule has 1 saturated heterocycles. The summed E-state index contributed by atoms with van der Waals surface area (Å²) in [5.74, 6) is 0.777. The van der Waals surface area contributed by atoms with Gasteiger partial charge in [-0.1, -0.05) is 19.3 Å². The number of hydrogen-bond donors (Lipinski definition) is 1. The van der Waals surface area contributed by atoms with Gasteiger partial charge in [-0.25, -0.2) is 8.42 Å². The van der Waals surface area contributed by atoms with Crippen molar-refractivity contribution in [2.45, 2.75) is 45.1 Å². The highest BCUT2D eigenvalue weighted by atomic mass is 35.5. The molecule has 1 saturated carbocycles. The van der Waals surface area contributed by atoms with E-state index in [2.05, 4.69) is 5.32 Å². The summed E-state index contributed by atoms with van der Waals surface area (Å²) in [5.41, 5.74) is 0. The van der Waals surface area contributed by atoms with E-state index in [9.17, 15) is 8.42 Å². The Morgan fingerprint density at radius 1 is 1.22 bits per heavy atom. The number of nitrogens with zero attached hydrogens (tertiary/aromatic N) is 1. The Labute approximate surface area is 117 Å². The fourth-order valence-electron chi connectivity index (χ4n) is 2.91. The fraction of sp³-hybridized carbons (Fsp3) is 1.00. The van der Waals surface area contributed by atoms with Gasteiger partial charge in [-0.2, -0.15) is 4.31 Å². The standard InChI is InChI=1S/C12H24N2O2S.ClH/c1-11-9-14(8-7-13-11)17(15,16)10-12-5-3-2-4-6-12;/h11-13H,2-10H2,1H3;1H. The van der Waals surface area contributed by atoms with Crippen molar-refractivity contribution in [2.24, 2.45) is 5.92 Å². The lowest BCUT2D eigenvalue weighted by molar-refractivity contribution is 0.303. The van der Waals surface area contributed by atoms with Crippen LogP contribution in [0, 0.1) is 5.92 Å². The molecule has 0 aromatic carbocycles. The van der Waals surface area contributed by atoms with Gasteiger partial charge in [0.1, 0.15) is 0 Å². The maximum absolute atomic E-state index is 12.3. The summed E-state index contributed by atoms with van der Waals surface area (Å²) >= 11 is 0. The normalized spacial score (nSPS) is 27.7. The van der Waals surface area contributed by atoms with Crippen LogP contribution in [0.15, 0.2) is 0 Å². The molecule has 1 unspecified atom stereocenters. The first-order valence-corrected chi connectivity index (χ1v) is 8.40. The largest absolute Gasteiger partial charge is 0.312 e. The summed E-state index contributed by atoms with van der Waals surface area (Å²) < 4.78 is 26.3. The number of sulfonamides is 1. The molecule has 0 bridgehead atoms. The van der Waals surface area contributed by atoms with E-state index in [1.54, 1.807) is 4.31 Å². The molecule has 0 aromatic rings. The molecule has 6 heteroatoms. The van der Waals surface area contributed by atoms with Gasteiger partial charge in [-0.05, 0) is 25.7 Å². The van der Waals surface area contributed by atoms with Crippen LogP contribution in [0.5, 0.6) is 0 Å². The van der Waals surface area contributed by atoms with Crippen LogP contribution in [0.25, 0.3) is 0 Å². The molecule has 1 aliphatic carbocycles. The minimum absolute atomic E-state index is 0. The molecule has 0 amide bonds. The van der Waals surface area contributed by atoms with Crippen molar-refractivity contribution in [3.63, 3.8) is 0 Å². The van der Waals surface area contributed by atoms with Gasteiger partial charge in [0.15, 0.2) is 0 Å². The third kappa shape index (κ3) is 4.37. The van der Waals surface area contributed by atoms with Gasteiger partial charge in [0, 0.05) is 25.7 Å². The Kier molecular flexibility index (Phi) is 6.38. The highest BCUT2D eigenvalue weighted by Crippen LogP contribution is 2.26. The fourth-order valence-corrected chi connectivity index (χ4v) is 4.87. The maximum atomic E-state index is 12.3. The summed E-state index contributed by atoms with van der Waals surface area (Å²) in [6.45, 7) is 4.10. The molecule has 4 nitrogen and oxygen atoms in total. The second-order valence-corrected chi connectivity index (χ2v) is 7.51. The van der Waals surface area contributed by atoms with Gasteiger partial charge in [-0.3, -0.25) is 0 Å². The zero-order valence-corrected chi connectivity index (χ0v) is 12.7. The smallest absolute Gasteiger partial charge is 0.214 e. The van der Waals surface area contributed by atoms with E-state index in [1.165, 1.54) is 19.3 Å². The molecule has 1 aliphatic heterocycles. The quantitative estimate of drug-likeness (QED) is 0.861. The molecular weight excluding hydrogens is 272 g/mol. The van der Waals surface area contributed by atoms with Crippen molar-refractivity contribution in [1.29, 1.82) is 0 Å². The monoisotopic (exact) mass is 296 g/mol. The highest BCUT2D eigenvalue weighted by molar-refractivity contribution is 7.89. The molecule has 2 aliphatic rings. The molecular formula is C12H25ClN2O2S. The van der Waals surface area contributed by atoms with Crippen molar-refractivity contribution in [2.75, 3.05) is 25.4 Å². The second kappa shape index (κ2) is 7.08. The van der Waals surface area contributed by atoms with E-state index < -0.39 is 10.0 Å². The minimum atomic E-state index is -3.02. The summed E-state index contributed by atoms with van der Waals surface area (Å²) in [6, 6.07) is 0.282. The average Bonchev–Trinajstić information content (AvgIpc) is 2.30. The van der Waals surface area contributed by atoms with E-state index in [0.717, 1.165) is 19.4 Å². The van der Waals surface area contributed by atoms with Crippen molar-refractivity contribution >= 4 is 22.4 Å². The maximum Gasteiger partial charge on any atom is 0.214 e. The molecule has 1 heterocycles. The van der Waals surface area contributed by atoms with Crippen LogP contribution in [0.3, 0.4) is 0 Å². The predicted octanol–water partition coefficient (Wildman–Crippen LogP) is 1.61. The molecule has 18 heavy (non-hydrogen) atoms. The Morgan fingerprint density at radius 3 is 2.50 bits per heavy atom. The Hall–Kier alpha value is 0.160. The van der Waals surface area contributed by atoms with Crippen LogP contribution in [0.1, 0.15) is 39.0 Å². The number of hydrogen-bond acceptors (Lipinski definition) is 3. The van der Waals surface area contributed by atoms with E-state index >= 15 is 0 Å². The van der Waals surface area contributed by atoms with Gasteiger partial charge >= 0.3 is 0 Å². The summed E-state index contributed by atoms with van der Waals surface area (Å²) in [6.07, 6.45) is 5.89. The second-order valence-electron chi connectivity index (χ2n) is 5.50. The molecule has 0 aromatic heterocycles. The zero-order chi connectivity index (χ0) is 12.3. The first kappa shape index (κ1) is 16.2. The molecule has 2 rings (SSSR count). The van der Waals surface area contributed by atoms with Crippen LogP contribution in [0.4, 0.5) is 0 Å². The van der Waals surface area contributed by atoms with Gasteiger partial charge in [0.05, 0.1) is 5.75 Å². The highest BCUT2D eigenvalue weighted by Gasteiger charge is 2.29. The van der Waals surface area contributed by atoms with Crippen LogP contribution < -0.4 is 5.32 Å². The van der Waals surface area contributed by atoms with Crippen LogP contribution >= 0.6 is 12.4 Å². The van der Waals surface area contributed by atoms with Crippen molar-refractivity contribution in [3.05, 3.63) is 0 Å². The lowest BCUT2D eigenvalue weighted by atomic mass is 9.91. The van der Waals surface area contributed by atoms with Gasteiger partial charge < -0.3 is 5.32 Å². The van der Waals surface area contributed by atoms with Gasteiger partial charge in [0.2, 0.25) is 10.0 Å². The molecule has 1 atom stereocenters. The van der Waals surface area contributed by atoms with Gasteiger partial charge in [0.25, 0.3) is 0 Å². The number of halogens is 1. The number of rotatable bonds is 3. The summed E-state index contributed by atoms with van der Waals surface area (Å²) in [4.78, 5) is 0. The first-order valence-electron chi connectivity index (χ1n) is 6.79. The van der Waals surface area contributed by atoms with E-state index in [1.807, 2.05) is 6.92 Å². The molecule has 1 N–H and O–H groups in total. The Morgan fingerprint density at radius 2 is 1.89 bits per heavy atom. The third-order valence-corrected chi connectivity index (χ3v) is 5.91. The SMILES string of the molecule is CC1CN(S(=O)(=O)CC2CCCCC2)CCN1.Cl. The summed E-state index contributed by atoms with van der Waals surface area (Å²) in [5, 5.41) is 3.28. The third-order valence-electron chi connectivity index (χ3n) is 3.90. The van der Waals surface area contributed by atoms with Gasteiger partial charge in [-0.15, -0.1) is 12.4 Å². The molecule has 2 fully saturated rings.